The van der Waals surface area contributed by atoms with Crippen molar-refractivity contribution < 1.29 is 22.8 Å². The molecule has 1 aromatic rings. The molecule has 1 aromatic carbocycles. The fourth-order valence-electron chi connectivity index (χ4n) is 1.73. The highest BCUT2D eigenvalue weighted by atomic mass is 35.5. The highest BCUT2D eigenvalue weighted by Crippen LogP contribution is 2.25. The van der Waals surface area contributed by atoms with E-state index in [4.69, 9.17) is 11.6 Å². The van der Waals surface area contributed by atoms with Gasteiger partial charge in [-0.1, -0.05) is 11.6 Å². The van der Waals surface area contributed by atoms with E-state index in [-0.39, 0.29) is 5.69 Å². The van der Waals surface area contributed by atoms with Crippen LogP contribution in [0.5, 0.6) is 0 Å². The number of carbonyl (C=O) groups is 2. The number of amides is 3. The first kappa shape index (κ1) is 13.7. The molecular weight excluding hydrogens is 285 g/mol. The van der Waals surface area contributed by atoms with Crippen molar-refractivity contribution in [3.8, 4) is 0 Å². The highest BCUT2D eigenvalue weighted by molar-refractivity contribution is 6.30. The summed E-state index contributed by atoms with van der Waals surface area (Å²) in [5.74, 6) is -0.698. The Kier molecular flexibility index (Phi) is 3.40. The van der Waals surface area contributed by atoms with E-state index in [0.29, 0.717) is 14.8 Å². The van der Waals surface area contributed by atoms with E-state index in [1.165, 1.54) is 24.3 Å². The molecular formula is C11H8ClF3N2O2. The average molecular weight is 293 g/mol. The first-order valence-corrected chi connectivity index (χ1v) is 5.60. The molecule has 3 amide bonds. The van der Waals surface area contributed by atoms with Crippen LogP contribution in [0.2, 0.25) is 5.02 Å². The van der Waals surface area contributed by atoms with Gasteiger partial charge in [0, 0.05) is 5.02 Å². The van der Waals surface area contributed by atoms with E-state index in [2.05, 4.69) is 0 Å². The Morgan fingerprint density at radius 1 is 1.16 bits per heavy atom. The molecule has 8 heteroatoms. The van der Waals surface area contributed by atoms with Crippen molar-refractivity contribution in [1.82, 2.24) is 4.90 Å². The molecule has 1 aliphatic heterocycles. The molecule has 0 atom stereocenters. The summed E-state index contributed by atoms with van der Waals surface area (Å²) < 4.78 is 36.7. The van der Waals surface area contributed by atoms with Crippen LogP contribution in [-0.2, 0) is 4.79 Å². The number of hydrogen-bond donors (Lipinski definition) is 0. The standard InChI is InChI=1S/C11H8ClF3N2O2/c12-7-1-3-8(4-2-7)17-9(18)5-16(10(17)19)6-11(13,14)15/h1-4H,5-6H2. The highest BCUT2D eigenvalue weighted by Gasteiger charge is 2.42. The van der Waals surface area contributed by atoms with Crippen LogP contribution in [0.15, 0.2) is 24.3 Å². The molecule has 102 valence electrons. The number of benzene rings is 1. The number of anilines is 1. The van der Waals surface area contributed by atoms with Gasteiger partial charge >= 0.3 is 12.2 Å². The van der Waals surface area contributed by atoms with Gasteiger partial charge in [-0.2, -0.15) is 13.2 Å². The van der Waals surface area contributed by atoms with Gasteiger partial charge in [0.1, 0.15) is 13.1 Å². The first-order valence-electron chi connectivity index (χ1n) is 5.22. The van der Waals surface area contributed by atoms with Crippen LogP contribution in [0.25, 0.3) is 0 Å². The Morgan fingerprint density at radius 3 is 2.26 bits per heavy atom. The van der Waals surface area contributed by atoms with E-state index in [1.807, 2.05) is 0 Å². The van der Waals surface area contributed by atoms with Crippen molar-refractivity contribution in [3.05, 3.63) is 29.3 Å². The number of imide groups is 1. The summed E-state index contributed by atoms with van der Waals surface area (Å²) in [5, 5.41) is 0.398. The number of carbonyl (C=O) groups excluding carboxylic acids is 2. The number of urea groups is 1. The SMILES string of the molecule is O=C1CN(CC(F)(F)F)C(=O)N1c1ccc(Cl)cc1. The molecule has 0 aliphatic carbocycles. The summed E-state index contributed by atoms with van der Waals surface area (Å²) in [6.45, 7) is -2.03. The molecule has 0 radical (unpaired) electrons. The maximum atomic E-state index is 12.2. The topological polar surface area (TPSA) is 40.6 Å². The lowest BCUT2D eigenvalue weighted by atomic mass is 10.3. The third-order valence-corrected chi connectivity index (χ3v) is 2.74. The lowest BCUT2D eigenvalue weighted by Crippen LogP contribution is -2.38. The number of hydrogen-bond acceptors (Lipinski definition) is 2. The van der Waals surface area contributed by atoms with E-state index in [0.717, 1.165) is 0 Å². The Hall–Kier alpha value is -1.76. The predicted molar refractivity (Wildman–Crippen MR) is 62.0 cm³/mol. The minimum atomic E-state index is -4.54. The van der Waals surface area contributed by atoms with Gasteiger partial charge in [-0.15, -0.1) is 0 Å². The zero-order valence-corrected chi connectivity index (χ0v) is 10.2. The van der Waals surface area contributed by atoms with Crippen molar-refractivity contribution in [3.63, 3.8) is 0 Å². The Bertz CT molecular complexity index is 516. The molecule has 1 saturated heterocycles. The minimum Gasteiger partial charge on any atom is -0.306 e. The fraction of sp³-hybridized carbons (Fsp3) is 0.273. The average Bonchev–Trinajstić information content (AvgIpc) is 2.54. The van der Waals surface area contributed by atoms with E-state index in [9.17, 15) is 22.8 Å². The molecule has 4 nitrogen and oxygen atoms in total. The molecule has 1 fully saturated rings. The van der Waals surface area contributed by atoms with Crippen molar-refractivity contribution >= 4 is 29.2 Å². The molecule has 0 spiro atoms. The molecule has 2 rings (SSSR count). The van der Waals surface area contributed by atoms with Gasteiger partial charge in [-0.3, -0.25) is 4.79 Å². The lowest BCUT2D eigenvalue weighted by molar-refractivity contribution is -0.139. The molecule has 1 heterocycles. The summed E-state index contributed by atoms with van der Waals surface area (Å²) in [4.78, 5) is 24.6. The third-order valence-electron chi connectivity index (χ3n) is 2.49. The smallest absolute Gasteiger partial charge is 0.306 e. The molecule has 1 aliphatic rings. The van der Waals surface area contributed by atoms with Gasteiger partial charge in [-0.05, 0) is 24.3 Å². The van der Waals surface area contributed by atoms with E-state index >= 15 is 0 Å². The van der Waals surface area contributed by atoms with Crippen molar-refractivity contribution in [2.45, 2.75) is 6.18 Å². The van der Waals surface area contributed by atoms with Crippen LogP contribution in [-0.4, -0.2) is 36.1 Å². The number of alkyl halides is 3. The zero-order chi connectivity index (χ0) is 14.2. The van der Waals surface area contributed by atoms with E-state index < -0.39 is 31.2 Å². The molecule has 0 saturated carbocycles. The first-order chi connectivity index (χ1) is 8.78. The van der Waals surface area contributed by atoms with E-state index in [1.54, 1.807) is 0 Å². The van der Waals surface area contributed by atoms with Crippen LogP contribution in [0.1, 0.15) is 0 Å². The Morgan fingerprint density at radius 2 is 1.74 bits per heavy atom. The van der Waals surface area contributed by atoms with Crippen molar-refractivity contribution in [2.24, 2.45) is 0 Å². The number of halogens is 4. The van der Waals surface area contributed by atoms with Gasteiger partial charge in [0.25, 0.3) is 5.91 Å². The molecule has 0 aromatic heterocycles. The van der Waals surface area contributed by atoms with Crippen LogP contribution < -0.4 is 4.90 Å². The third kappa shape index (κ3) is 2.98. The second-order valence-corrected chi connectivity index (χ2v) is 4.40. The van der Waals surface area contributed by atoms with Crippen molar-refractivity contribution in [2.75, 3.05) is 18.0 Å². The number of nitrogens with zero attached hydrogens (tertiary/aromatic N) is 2. The number of rotatable bonds is 2. The van der Waals surface area contributed by atoms with Crippen molar-refractivity contribution in [1.29, 1.82) is 0 Å². The molecule has 19 heavy (non-hydrogen) atoms. The molecule has 0 N–H and O–H groups in total. The normalized spacial score (nSPS) is 16.4. The van der Waals surface area contributed by atoms with Crippen LogP contribution in [0, 0.1) is 0 Å². The second kappa shape index (κ2) is 4.73. The van der Waals surface area contributed by atoms with Gasteiger partial charge in [0.15, 0.2) is 0 Å². The summed E-state index contributed by atoms with van der Waals surface area (Å²) in [6, 6.07) is 4.71. The molecule has 0 bridgehead atoms. The summed E-state index contributed by atoms with van der Waals surface area (Å²) in [7, 11) is 0. The monoisotopic (exact) mass is 292 g/mol. The Labute approximate surface area is 111 Å². The summed E-state index contributed by atoms with van der Waals surface area (Å²) >= 11 is 5.66. The summed E-state index contributed by atoms with van der Waals surface area (Å²) in [5.41, 5.74) is 0.198. The molecule has 0 unspecified atom stereocenters. The Balaban J connectivity index is 2.21. The van der Waals surface area contributed by atoms with Gasteiger partial charge in [0.2, 0.25) is 0 Å². The maximum absolute atomic E-state index is 12.2. The van der Waals surface area contributed by atoms with Gasteiger partial charge in [-0.25, -0.2) is 9.69 Å². The van der Waals surface area contributed by atoms with Gasteiger partial charge < -0.3 is 4.90 Å². The second-order valence-electron chi connectivity index (χ2n) is 3.96. The summed E-state index contributed by atoms with van der Waals surface area (Å²) in [6.07, 6.45) is -4.54. The fourth-order valence-corrected chi connectivity index (χ4v) is 1.86. The van der Waals surface area contributed by atoms with Crippen LogP contribution in [0.3, 0.4) is 0 Å². The lowest BCUT2D eigenvalue weighted by Gasteiger charge is -2.18. The quantitative estimate of drug-likeness (QED) is 0.786. The largest absolute Gasteiger partial charge is 0.406 e. The maximum Gasteiger partial charge on any atom is 0.406 e. The zero-order valence-electron chi connectivity index (χ0n) is 9.45. The van der Waals surface area contributed by atoms with Gasteiger partial charge in [0.05, 0.1) is 5.69 Å². The predicted octanol–water partition coefficient (Wildman–Crippen LogP) is 2.67. The minimum absolute atomic E-state index is 0.198. The van der Waals surface area contributed by atoms with Crippen LogP contribution in [0.4, 0.5) is 23.7 Å². The van der Waals surface area contributed by atoms with Crippen LogP contribution >= 0.6 is 11.6 Å².